The van der Waals surface area contributed by atoms with Crippen molar-refractivity contribution >= 4 is 5.82 Å². The lowest BCUT2D eigenvalue weighted by Crippen LogP contribution is -2.41. The molecule has 1 aromatic rings. The zero-order valence-corrected chi connectivity index (χ0v) is 9.93. The molecule has 0 amide bonds. The Morgan fingerprint density at radius 1 is 1.56 bits per heavy atom. The van der Waals surface area contributed by atoms with Gasteiger partial charge in [-0.05, 0) is 13.0 Å². The van der Waals surface area contributed by atoms with E-state index < -0.39 is 30.6 Å². The van der Waals surface area contributed by atoms with E-state index in [0.29, 0.717) is 0 Å². The summed E-state index contributed by atoms with van der Waals surface area (Å²) >= 11 is 0. The van der Waals surface area contributed by atoms with Crippen LogP contribution in [-0.4, -0.2) is 49.8 Å². The van der Waals surface area contributed by atoms with E-state index in [1.807, 2.05) is 0 Å². The molecule has 0 radical (unpaired) electrons. The van der Waals surface area contributed by atoms with E-state index in [9.17, 15) is 15.0 Å². The van der Waals surface area contributed by atoms with Crippen molar-refractivity contribution in [2.45, 2.75) is 32.0 Å². The normalized spacial score (nSPS) is 16.2. The van der Waals surface area contributed by atoms with Gasteiger partial charge in [-0.3, -0.25) is 4.57 Å². The second-order valence-electron chi connectivity index (χ2n) is 3.85. The third-order valence-electron chi connectivity index (χ3n) is 2.38. The summed E-state index contributed by atoms with van der Waals surface area (Å²) in [5.41, 5.74) is 4.72. The van der Waals surface area contributed by atoms with Gasteiger partial charge < -0.3 is 25.8 Å². The first-order chi connectivity index (χ1) is 8.45. The van der Waals surface area contributed by atoms with Gasteiger partial charge in [0.25, 0.3) is 0 Å². The van der Waals surface area contributed by atoms with Crippen LogP contribution in [0.4, 0.5) is 5.82 Å². The number of nitrogens with zero attached hydrogens (tertiary/aromatic N) is 2. The van der Waals surface area contributed by atoms with Gasteiger partial charge in [-0.1, -0.05) is 0 Å². The summed E-state index contributed by atoms with van der Waals surface area (Å²) in [5, 5.41) is 27.7. The minimum Gasteiger partial charge on any atom is -0.394 e. The third kappa shape index (κ3) is 3.77. The van der Waals surface area contributed by atoms with E-state index >= 15 is 0 Å². The maximum absolute atomic E-state index is 11.4. The predicted molar refractivity (Wildman–Crippen MR) is 62.6 cm³/mol. The van der Waals surface area contributed by atoms with Crippen molar-refractivity contribution in [3.63, 3.8) is 0 Å². The molecule has 0 bridgehead atoms. The van der Waals surface area contributed by atoms with Gasteiger partial charge in [0.1, 0.15) is 24.8 Å². The van der Waals surface area contributed by atoms with Crippen LogP contribution in [0.3, 0.4) is 0 Å². The van der Waals surface area contributed by atoms with Gasteiger partial charge in [0.2, 0.25) is 0 Å². The molecule has 8 nitrogen and oxygen atoms in total. The number of aromatic nitrogens is 2. The van der Waals surface area contributed by atoms with Crippen LogP contribution in [0.5, 0.6) is 0 Å². The van der Waals surface area contributed by atoms with Crippen molar-refractivity contribution in [1.29, 1.82) is 0 Å². The fourth-order valence-electron chi connectivity index (χ4n) is 1.29. The van der Waals surface area contributed by atoms with Gasteiger partial charge in [-0.2, -0.15) is 4.98 Å². The van der Waals surface area contributed by atoms with E-state index in [0.717, 1.165) is 4.57 Å². The summed E-state index contributed by atoms with van der Waals surface area (Å²) in [6.45, 7) is 0.679. The van der Waals surface area contributed by atoms with E-state index in [4.69, 9.17) is 15.6 Å². The van der Waals surface area contributed by atoms with Crippen LogP contribution in [0.15, 0.2) is 17.1 Å². The molecular formula is C10H17N3O5. The number of anilines is 1. The van der Waals surface area contributed by atoms with E-state index in [1.54, 1.807) is 0 Å². The first-order valence-electron chi connectivity index (χ1n) is 5.37. The number of aliphatic hydroxyl groups is 3. The van der Waals surface area contributed by atoms with Crippen LogP contribution in [0.25, 0.3) is 0 Å². The molecule has 0 aliphatic carbocycles. The van der Waals surface area contributed by atoms with Crippen LogP contribution in [0.2, 0.25) is 0 Å². The summed E-state index contributed by atoms with van der Waals surface area (Å²) < 4.78 is 6.26. The van der Waals surface area contributed by atoms with Crippen molar-refractivity contribution in [3.05, 3.63) is 22.7 Å². The highest BCUT2D eigenvalue weighted by atomic mass is 16.5. The Morgan fingerprint density at radius 3 is 2.72 bits per heavy atom. The van der Waals surface area contributed by atoms with Crippen molar-refractivity contribution < 1.29 is 20.1 Å². The molecule has 0 saturated carbocycles. The Hall–Kier alpha value is -1.48. The average molecular weight is 259 g/mol. The van der Waals surface area contributed by atoms with Gasteiger partial charge >= 0.3 is 5.69 Å². The number of nitrogen functional groups attached to an aromatic ring is 1. The lowest BCUT2D eigenvalue weighted by atomic mass is 10.1. The SMILES string of the molecule is CC(O)[C@@H](O)[C@@H](CO)OCn1ccc(N)nc1=O. The summed E-state index contributed by atoms with van der Waals surface area (Å²) in [7, 11) is 0. The summed E-state index contributed by atoms with van der Waals surface area (Å²) in [4.78, 5) is 14.9. The van der Waals surface area contributed by atoms with Crippen molar-refractivity contribution in [2.24, 2.45) is 0 Å². The second-order valence-corrected chi connectivity index (χ2v) is 3.85. The first kappa shape index (κ1) is 14.6. The van der Waals surface area contributed by atoms with Gasteiger partial charge in [0, 0.05) is 6.20 Å². The van der Waals surface area contributed by atoms with Crippen LogP contribution in [0, 0.1) is 0 Å². The molecule has 5 N–H and O–H groups in total. The highest BCUT2D eigenvalue weighted by molar-refractivity contribution is 5.23. The smallest absolute Gasteiger partial charge is 0.351 e. The zero-order valence-electron chi connectivity index (χ0n) is 9.93. The van der Waals surface area contributed by atoms with Crippen LogP contribution in [0.1, 0.15) is 6.92 Å². The quantitative estimate of drug-likeness (QED) is 0.460. The van der Waals surface area contributed by atoms with Crippen LogP contribution < -0.4 is 11.4 Å². The molecule has 0 fully saturated rings. The number of hydrogen-bond donors (Lipinski definition) is 4. The van der Waals surface area contributed by atoms with Crippen LogP contribution >= 0.6 is 0 Å². The molecule has 0 spiro atoms. The van der Waals surface area contributed by atoms with Gasteiger partial charge in [-0.25, -0.2) is 4.79 Å². The Kier molecular flexibility index (Phi) is 5.23. The second kappa shape index (κ2) is 6.45. The maximum atomic E-state index is 11.4. The molecule has 0 aliphatic rings. The Bertz CT molecular complexity index is 434. The fraction of sp³-hybridized carbons (Fsp3) is 0.600. The molecule has 3 atom stereocenters. The molecule has 0 aliphatic heterocycles. The summed E-state index contributed by atoms with van der Waals surface area (Å²) in [6, 6.07) is 1.42. The molecular weight excluding hydrogens is 242 g/mol. The highest BCUT2D eigenvalue weighted by Crippen LogP contribution is 2.04. The fourth-order valence-corrected chi connectivity index (χ4v) is 1.29. The number of hydrogen-bond acceptors (Lipinski definition) is 7. The number of aliphatic hydroxyl groups excluding tert-OH is 3. The molecule has 1 unspecified atom stereocenters. The van der Waals surface area contributed by atoms with Crippen molar-refractivity contribution in [2.75, 3.05) is 12.3 Å². The summed E-state index contributed by atoms with van der Waals surface area (Å²) in [6.07, 6.45) is -1.90. The minimum absolute atomic E-state index is 0.0963. The Balaban J connectivity index is 2.65. The summed E-state index contributed by atoms with van der Waals surface area (Å²) in [5.74, 6) is 0.0963. The number of rotatable bonds is 6. The molecule has 1 aromatic heterocycles. The topological polar surface area (TPSA) is 131 Å². The van der Waals surface area contributed by atoms with Gasteiger partial charge in [0.15, 0.2) is 0 Å². The monoisotopic (exact) mass is 259 g/mol. The molecule has 102 valence electrons. The van der Waals surface area contributed by atoms with Crippen LogP contribution in [-0.2, 0) is 11.5 Å². The standard InChI is InChI=1S/C10H17N3O5/c1-6(15)9(16)7(4-14)18-5-13-3-2-8(11)12-10(13)17/h2-3,6-7,9,14-16H,4-5H2,1H3,(H2,11,12,17)/t6?,7-,9-/m1/s1. The zero-order chi connectivity index (χ0) is 13.7. The maximum Gasteiger partial charge on any atom is 0.351 e. The third-order valence-corrected chi connectivity index (χ3v) is 2.38. The average Bonchev–Trinajstić information content (AvgIpc) is 2.31. The molecule has 18 heavy (non-hydrogen) atoms. The number of ether oxygens (including phenoxy) is 1. The van der Waals surface area contributed by atoms with Crippen molar-refractivity contribution in [1.82, 2.24) is 9.55 Å². The van der Waals surface area contributed by atoms with E-state index in [1.165, 1.54) is 19.2 Å². The Morgan fingerprint density at radius 2 is 2.22 bits per heavy atom. The van der Waals surface area contributed by atoms with Gasteiger partial charge in [-0.15, -0.1) is 0 Å². The molecule has 0 aromatic carbocycles. The van der Waals surface area contributed by atoms with E-state index in [2.05, 4.69) is 4.98 Å². The largest absolute Gasteiger partial charge is 0.394 e. The van der Waals surface area contributed by atoms with Gasteiger partial charge in [0.05, 0.1) is 12.7 Å². The van der Waals surface area contributed by atoms with Crippen molar-refractivity contribution in [3.8, 4) is 0 Å². The lowest BCUT2D eigenvalue weighted by Gasteiger charge is -2.23. The minimum atomic E-state index is -1.24. The first-order valence-corrected chi connectivity index (χ1v) is 5.37. The van der Waals surface area contributed by atoms with E-state index in [-0.39, 0.29) is 12.5 Å². The molecule has 1 heterocycles. The lowest BCUT2D eigenvalue weighted by molar-refractivity contribution is -0.120. The molecule has 8 heteroatoms. The molecule has 0 saturated heterocycles. The highest BCUT2D eigenvalue weighted by Gasteiger charge is 2.23. The number of nitrogens with two attached hydrogens (primary N) is 1. The molecule has 1 rings (SSSR count). The Labute approximate surface area is 103 Å². The predicted octanol–water partition coefficient (Wildman–Crippen LogP) is -2.10.